The number of nitrogens with zero attached hydrogens (tertiary/aromatic N) is 4. The summed E-state index contributed by atoms with van der Waals surface area (Å²) in [6.45, 7) is 0.479. The second-order valence-corrected chi connectivity index (χ2v) is 26.5. The van der Waals surface area contributed by atoms with Gasteiger partial charge in [0.05, 0.1) is 31.2 Å². The van der Waals surface area contributed by atoms with Crippen molar-refractivity contribution < 1.29 is 103 Å². The zero-order valence-corrected chi connectivity index (χ0v) is 59.7. The highest BCUT2D eigenvalue weighted by atomic mass is 127. The number of hydrogen-bond acceptors (Lipinski definition) is 19. The Kier molecular flexibility index (Phi) is 46.0. The number of nitrogens with one attached hydrogen (secondary N) is 5. The molecule has 0 bridgehead atoms. The molecular weight excluding hydrogens is 1440 g/mol. The monoisotopic (exact) mass is 1540 g/mol. The summed E-state index contributed by atoms with van der Waals surface area (Å²) in [6.07, 6.45) is 9.39. The quantitative estimate of drug-likeness (QED) is 0.0249. The Balaban J connectivity index is 0.0000111. The van der Waals surface area contributed by atoms with Crippen LogP contribution in [0.3, 0.4) is 0 Å². The molecule has 30 nitrogen and oxygen atoms in total. The molecule has 12 N–H and O–H groups in total. The van der Waals surface area contributed by atoms with Crippen LogP contribution in [0.25, 0.3) is 0 Å². The topological polar surface area (TPSA) is 454 Å². The van der Waals surface area contributed by atoms with Gasteiger partial charge in [-0.15, -0.1) is 0 Å². The predicted molar refractivity (Wildman–Crippen MR) is 376 cm³/mol. The molecule has 1 heterocycles. The summed E-state index contributed by atoms with van der Waals surface area (Å²) < 4.78 is 1.13. The number of carbonyl (C=O) groups is 12. The minimum atomic E-state index is -1.30. The number of amides is 4. The highest BCUT2D eigenvalue weighted by Crippen LogP contribution is 2.20. The van der Waals surface area contributed by atoms with Gasteiger partial charge in [0.2, 0.25) is 11.8 Å². The first-order valence-electron chi connectivity index (χ1n) is 33.8. The molecule has 4 unspecified atom stereocenters. The number of benzene rings is 2. The molecule has 0 spiro atoms. The van der Waals surface area contributed by atoms with Crippen molar-refractivity contribution in [1.29, 1.82) is 0 Å². The zero-order chi connectivity index (χ0) is 74.2. The lowest BCUT2D eigenvalue weighted by Crippen LogP contribution is -2.53. The van der Waals surface area contributed by atoms with Crippen molar-refractivity contribution in [3.63, 3.8) is 0 Å². The summed E-state index contributed by atoms with van der Waals surface area (Å²) in [5.41, 5.74) is 2.81. The van der Waals surface area contributed by atoms with Gasteiger partial charge < -0.3 is 62.3 Å². The van der Waals surface area contributed by atoms with Crippen LogP contribution >= 0.6 is 34.8 Å². The van der Waals surface area contributed by atoms with Crippen LogP contribution in [0.15, 0.2) is 48.5 Å². The maximum Gasteiger partial charge on any atom is 0.373 e. The molecule has 4 amide bonds. The Hall–Kier alpha value is -7.88. The average Bonchev–Trinajstić information content (AvgIpc) is 0.859. The zero-order valence-electron chi connectivity index (χ0n) is 56.7. The molecule has 0 aromatic heterocycles. The first kappa shape index (κ1) is 88.2. The van der Waals surface area contributed by atoms with Gasteiger partial charge in [0.15, 0.2) is 0 Å². The fourth-order valence-corrected chi connectivity index (χ4v) is 11.9. The molecule has 32 heteroatoms. The Morgan fingerprint density at radius 3 is 1.54 bits per heavy atom. The number of urea groups is 1. The normalized spacial score (nSPS) is 14.9. The van der Waals surface area contributed by atoms with Crippen molar-refractivity contribution in [2.45, 2.75) is 172 Å². The van der Waals surface area contributed by atoms with Gasteiger partial charge in [0, 0.05) is 126 Å². The number of aliphatic carboxylic acids is 7. The van der Waals surface area contributed by atoms with Crippen LogP contribution < -0.4 is 26.6 Å². The van der Waals surface area contributed by atoms with E-state index < -0.39 is 84.3 Å². The van der Waals surface area contributed by atoms with Gasteiger partial charge in [-0.3, -0.25) is 62.8 Å². The summed E-state index contributed by atoms with van der Waals surface area (Å²) in [4.78, 5) is 171. The minimum absolute atomic E-state index is 0.0441. The highest BCUT2D eigenvalue weighted by molar-refractivity contribution is 14.1. The Labute approximate surface area is 601 Å². The van der Waals surface area contributed by atoms with E-state index in [2.05, 4.69) is 49.2 Å². The van der Waals surface area contributed by atoms with E-state index in [-0.39, 0.29) is 153 Å². The van der Waals surface area contributed by atoms with Gasteiger partial charge in [-0.1, -0.05) is 80.7 Å². The van der Waals surface area contributed by atoms with Gasteiger partial charge in [-0.05, 0) is 128 Å². The van der Waals surface area contributed by atoms with Gasteiger partial charge in [0.25, 0.3) is 0 Å². The largest absolute Gasteiger partial charge is 0.481 e. The molecule has 3 rings (SSSR count). The molecule has 2 aromatic carbocycles. The van der Waals surface area contributed by atoms with E-state index in [1.165, 1.54) is 0 Å². The third-order valence-corrected chi connectivity index (χ3v) is 17.6. The van der Waals surface area contributed by atoms with Gasteiger partial charge >= 0.3 is 54.0 Å². The number of halogens is 1. The first-order chi connectivity index (χ1) is 47.7. The number of hydrogen-bond donors (Lipinski definition) is 12. The van der Waals surface area contributed by atoms with Crippen molar-refractivity contribution in [2.24, 2.45) is 5.92 Å². The van der Waals surface area contributed by atoms with E-state index in [4.69, 9.17) is 26.9 Å². The van der Waals surface area contributed by atoms with Crippen LogP contribution in [-0.4, -0.2) is 247 Å². The van der Waals surface area contributed by atoms with Crippen LogP contribution in [-0.2, 0) is 81.6 Å². The number of Topliss-reactive ketones (excluding diaryl/α,β-unsaturated/α-hetero) is 2. The third kappa shape index (κ3) is 43.6. The van der Waals surface area contributed by atoms with Crippen molar-refractivity contribution in [1.82, 2.24) is 46.2 Å². The fraction of sp³-hybridized carbons (Fsp3) is 0.618. The molecule has 556 valence electrons. The van der Waals surface area contributed by atoms with Gasteiger partial charge in [-0.25, -0.2) is 14.4 Å². The van der Waals surface area contributed by atoms with E-state index in [0.29, 0.717) is 88.7 Å². The molecular formula is C68H100IN9O21S. The Morgan fingerprint density at radius 2 is 0.970 bits per heavy atom. The number of carboxylic acid groups (broad SMARTS) is 7. The van der Waals surface area contributed by atoms with Crippen molar-refractivity contribution in [3.05, 3.63) is 68.8 Å². The third-order valence-electron chi connectivity index (χ3n) is 16.5. The minimum Gasteiger partial charge on any atom is -0.481 e. The van der Waals surface area contributed by atoms with E-state index in [1.807, 2.05) is 48.5 Å². The molecule has 0 saturated carbocycles. The summed E-state index contributed by atoms with van der Waals surface area (Å²) in [5, 5.41) is 81.0. The average molecular weight is 1540 g/mol. The van der Waals surface area contributed by atoms with Gasteiger partial charge in [-0.2, -0.15) is 9.59 Å². The number of carboxylic acids is 7. The number of aryl methyl sites for hydroxylation is 1. The first-order valence-corrected chi connectivity index (χ1v) is 35.3. The Bertz CT molecular complexity index is 2960. The number of ketones is 2. The summed E-state index contributed by atoms with van der Waals surface area (Å²) in [6, 6.07) is 11.8. The molecule has 1 aliphatic rings. The van der Waals surface area contributed by atoms with E-state index >= 15 is 0 Å². The predicted octanol–water partition coefficient (Wildman–Crippen LogP) is 4.35. The molecule has 1 aliphatic heterocycles. The van der Waals surface area contributed by atoms with Crippen LogP contribution in [0.1, 0.15) is 152 Å². The fourth-order valence-electron chi connectivity index (χ4n) is 11.2. The van der Waals surface area contributed by atoms with Crippen LogP contribution in [0.4, 0.5) is 4.79 Å². The van der Waals surface area contributed by atoms with Crippen LogP contribution in [0, 0.1) is 9.49 Å². The molecule has 0 radical (unpaired) electrons. The number of thiocarbonyl (C=S) groups is 1. The van der Waals surface area contributed by atoms with E-state index in [0.717, 1.165) is 45.9 Å². The Morgan fingerprint density at radius 1 is 0.480 bits per heavy atom. The second-order valence-electron chi connectivity index (χ2n) is 24.8. The number of carbonyl (C=O) groups excluding carboxylic acids is 7. The smallest absolute Gasteiger partial charge is 0.373 e. The lowest BCUT2D eigenvalue weighted by Gasteiger charge is -2.37. The molecule has 1 fully saturated rings. The standard InChI is InChI=1S/C67H100IN9O19S.CO2/c68-51-26-24-47(25-27-51)13-11-18-57(80)69-30-10-8-17-55(65(92)93)72-64(91)50(41-54(79)16-6-4-2-1-3-5-15-53(78)28-29-56(66(94)95)73-67(96)71-32-12-19-59(81)82)14-7-9-31-70-58(97)40-49-22-20-48(21-23-49)39-52-42-76(45-62(87)88)36-35-74(43-60(83)84)33-34-75(44-61(85)86)37-38-77(52)46-63(89)90;2-1-3/h20-27,50,52,55-56H,1-19,28-46H2,(H,69,80)(H,70,97)(H,72,91)(H,81,82)(H,83,84)(H,85,86)(H,87,88)(H,89,90)(H,92,93)(H,94,95)(H2,71,73,96);. The lowest BCUT2D eigenvalue weighted by atomic mass is 9.92. The van der Waals surface area contributed by atoms with Crippen LogP contribution in [0.5, 0.6) is 0 Å². The molecule has 2 aromatic rings. The van der Waals surface area contributed by atoms with Crippen molar-refractivity contribution in [2.75, 3.05) is 91.6 Å². The second kappa shape index (κ2) is 52.2. The van der Waals surface area contributed by atoms with Crippen molar-refractivity contribution in [3.8, 4) is 0 Å². The maximum absolute atomic E-state index is 13.9. The lowest BCUT2D eigenvalue weighted by molar-refractivity contribution is -0.192. The van der Waals surface area contributed by atoms with E-state index in [9.17, 15) is 88.2 Å². The number of rotatable bonds is 49. The maximum atomic E-state index is 13.9. The SMILES string of the molecule is O=C(O)CCCNC(=O)NC(CCC(=O)CCCCCCCCC(=O)CC(CCCCNC(=S)Cc1ccc(CC2CN(CC(=O)O)CCN(CC(=O)O)CCN(CC(=O)O)CCN2CC(=O)O)cc1)C(=O)NC(CCCCNC(=O)CCCc1ccc(I)cc1)C(=O)O)C(=O)O.O=C=O. The van der Waals surface area contributed by atoms with Crippen LogP contribution in [0.2, 0.25) is 0 Å². The summed E-state index contributed by atoms with van der Waals surface area (Å²) >= 11 is 7.95. The molecule has 100 heavy (non-hydrogen) atoms. The van der Waals surface area contributed by atoms with Crippen molar-refractivity contribution >= 4 is 117 Å². The molecule has 1 saturated heterocycles. The highest BCUT2D eigenvalue weighted by Gasteiger charge is 2.30. The van der Waals surface area contributed by atoms with E-state index in [1.54, 1.807) is 19.6 Å². The number of unbranched alkanes of at least 4 members (excludes halogenated alkanes) is 7. The van der Waals surface area contributed by atoms with Gasteiger partial charge in [0.1, 0.15) is 23.7 Å². The molecule has 4 atom stereocenters. The summed E-state index contributed by atoms with van der Waals surface area (Å²) in [5.74, 6) is -9.71. The summed E-state index contributed by atoms with van der Waals surface area (Å²) in [7, 11) is 0. The molecule has 0 aliphatic carbocycles.